The van der Waals surface area contributed by atoms with Gasteiger partial charge >= 0.3 is 5.97 Å². The van der Waals surface area contributed by atoms with Gasteiger partial charge in [0.1, 0.15) is 11.4 Å². The van der Waals surface area contributed by atoms with Crippen LogP contribution in [0.25, 0.3) is 0 Å². The van der Waals surface area contributed by atoms with Gasteiger partial charge in [0.2, 0.25) is 0 Å². The predicted molar refractivity (Wildman–Crippen MR) is 56.9 cm³/mol. The van der Waals surface area contributed by atoms with Crippen molar-refractivity contribution in [2.75, 3.05) is 19.0 Å². The van der Waals surface area contributed by atoms with Gasteiger partial charge in [0.05, 0.1) is 17.7 Å². The van der Waals surface area contributed by atoms with Crippen LogP contribution in [-0.2, 0) is 9.53 Å². The number of carbonyl (C=O) groups excluding carboxylic acids is 2. The van der Waals surface area contributed by atoms with Crippen molar-refractivity contribution in [3.8, 4) is 5.75 Å². The summed E-state index contributed by atoms with van der Waals surface area (Å²) in [7, 11) is 1.26. The Bertz CT molecular complexity index is 472. The highest BCUT2D eigenvalue weighted by atomic mass is 35.5. The van der Waals surface area contributed by atoms with Gasteiger partial charge in [0.15, 0.2) is 6.61 Å². The molecule has 6 heteroatoms. The van der Waals surface area contributed by atoms with Gasteiger partial charge in [0, 0.05) is 0 Å². The number of esters is 1. The molecule has 0 unspecified atom stereocenters. The molecule has 1 N–H and O–H groups in total. The van der Waals surface area contributed by atoms with Crippen molar-refractivity contribution < 1.29 is 19.1 Å². The van der Waals surface area contributed by atoms with E-state index in [0.29, 0.717) is 11.4 Å². The first kappa shape index (κ1) is 10.8. The van der Waals surface area contributed by atoms with Crippen molar-refractivity contribution in [1.82, 2.24) is 0 Å². The van der Waals surface area contributed by atoms with Crippen molar-refractivity contribution in [3.05, 3.63) is 22.7 Å². The number of benzene rings is 1. The van der Waals surface area contributed by atoms with Gasteiger partial charge in [-0.15, -0.1) is 0 Å². The summed E-state index contributed by atoms with van der Waals surface area (Å²) >= 11 is 5.97. The lowest BCUT2D eigenvalue weighted by Crippen LogP contribution is -2.26. The average Bonchev–Trinajstić information content (AvgIpc) is 2.29. The number of halogens is 1. The Labute approximate surface area is 96.3 Å². The third-order valence-electron chi connectivity index (χ3n) is 2.13. The summed E-state index contributed by atoms with van der Waals surface area (Å²) in [4.78, 5) is 22.5. The van der Waals surface area contributed by atoms with E-state index in [-0.39, 0.29) is 23.1 Å². The largest absolute Gasteiger partial charge is 0.482 e. The lowest BCUT2D eigenvalue weighted by atomic mass is 10.1. The minimum absolute atomic E-state index is 0.0547. The molecule has 0 aromatic heterocycles. The third kappa shape index (κ3) is 1.69. The summed E-state index contributed by atoms with van der Waals surface area (Å²) in [6.07, 6.45) is 0. The van der Waals surface area contributed by atoms with Crippen LogP contribution in [0, 0.1) is 0 Å². The molecule has 5 nitrogen and oxygen atoms in total. The number of nitrogens with one attached hydrogen (secondary N) is 1. The Hall–Kier alpha value is -1.75. The fraction of sp³-hybridized carbons (Fsp3) is 0.200. The van der Waals surface area contributed by atoms with Crippen LogP contribution in [0.3, 0.4) is 0 Å². The van der Waals surface area contributed by atoms with E-state index in [1.807, 2.05) is 0 Å². The topological polar surface area (TPSA) is 64.6 Å². The van der Waals surface area contributed by atoms with E-state index in [2.05, 4.69) is 10.1 Å². The number of amides is 1. The average molecular weight is 242 g/mol. The maximum absolute atomic E-state index is 11.3. The molecular weight excluding hydrogens is 234 g/mol. The molecule has 0 saturated heterocycles. The summed E-state index contributed by atoms with van der Waals surface area (Å²) in [6.45, 7) is -0.0547. The molecule has 1 aromatic carbocycles. The summed E-state index contributed by atoms with van der Waals surface area (Å²) in [6, 6.07) is 3.05. The van der Waals surface area contributed by atoms with E-state index >= 15 is 0 Å². The first-order valence-electron chi connectivity index (χ1n) is 4.47. The summed E-state index contributed by atoms with van der Waals surface area (Å²) in [5, 5.41) is 2.67. The number of methoxy groups -OCH3 is 1. The molecule has 1 aliphatic heterocycles. The van der Waals surface area contributed by atoms with Crippen molar-refractivity contribution in [2.45, 2.75) is 0 Å². The van der Waals surface area contributed by atoms with Crippen LogP contribution in [0.15, 0.2) is 12.1 Å². The Morgan fingerprint density at radius 1 is 1.56 bits per heavy atom. The minimum atomic E-state index is -0.562. The molecule has 1 aliphatic rings. The second kappa shape index (κ2) is 4.02. The van der Waals surface area contributed by atoms with Crippen molar-refractivity contribution in [1.29, 1.82) is 0 Å². The fourth-order valence-electron chi connectivity index (χ4n) is 1.38. The number of hydrogen-bond acceptors (Lipinski definition) is 4. The molecule has 84 valence electrons. The van der Waals surface area contributed by atoms with E-state index in [0.717, 1.165) is 0 Å². The molecule has 0 radical (unpaired) electrons. The van der Waals surface area contributed by atoms with Crippen molar-refractivity contribution in [2.24, 2.45) is 0 Å². The lowest BCUT2D eigenvalue weighted by Gasteiger charge is -2.19. The fourth-order valence-corrected chi connectivity index (χ4v) is 1.66. The van der Waals surface area contributed by atoms with E-state index in [9.17, 15) is 9.59 Å². The van der Waals surface area contributed by atoms with E-state index in [1.54, 1.807) is 6.07 Å². The minimum Gasteiger partial charge on any atom is -0.482 e. The van der Waals surface area contributed by atoms with Crippen molar-refractivity contribution >= 4 is 29.2 Å². The monoisotopic (exact) mass is 241 g/mol. The maximum Gasteiger partial charge on any atom is 0.339 e. The zero-order valence-corrected chi connectivity index (χ0v) is 9.13. The quantitative estimate of drug-likeness (QED) is 0.756. The van der Waals surface area contributed by atoms with Crippen LogP contribution in [-0.4, -0.2) is 25.6 Å². The molecule has 16 heavy (non-hydrogen) atoms. The number of fused-ring (bicyclic) bond motifs is 1. The predicted octanol–water partition coefficient (Wildman–Crippen LogP) is 1.46. The zero-order valence-electron chi connectivity index (χ0n) is 8.37. The Balaban J connectivity index is 2.50. The number of ether oxygens (including phenoxy) is 2. The van der Waals surface area contributed by atoms with Gasteiger partial charge < -0.3 is 14.8 Å². The number of hydrogen-bond donors (Lipinski definition) is 1. The third-order valence-corrected chi connectivity index (χ3v) is 2.52. The molecule has 1 amide bonds. The molecule has 2 rings (SSSR count). The van der Waals surface area contributed by atoms with Gasteiger partial charge in [-0.05, 0) is 12.1 Å². The van der Waals surface area contributed by atoms with Crippen LogP contribution in [0.4, 0.5) is 5.69 Å². The van der Waals surface area contributed by atoms with Gasteiger partial charge in [0.25, 0.3) is 5.91 Å². The Kier molecular flexibility index (Phi) is 2.70. The van der Waals surface area contributed by atoms with Gasteiger partial charge in [-0.1, -0.05) is 11.6 Å². The van der Waals surface area contributed by atoms with E-state index in [1.165, 1.54) is 13.2 Å². The highest BCUT2D eigenvalue weighted by Crippen LogP contribution is 2.37. The van der Waals surface area contributed by atoms with Crippen LogP contribution >= 0.6 is 11.6 Å². The van der Waals surface area contributed by atoms with E-state index in [4.69, 9.17) is 16.3 Å². The normalized spacial score (nSPS) is 13.5. The highest BCUT2D eigenvalue weighted by molar-refractivity contribution is 6.37. The molecular formula is C10H8ClNO4. The summed E-state index contributed by atoms with van der Waals surface area (Å²) in [5.74, 6) is -0.429. The van der Waals surface area contributed by atoms with Crippen LogP contribution in [0.2, 0.25) is 5.02 Å². The maximum atomic E-state index is 11.3. The molecule has 0 fully saturated rings. The standard InChI is InChI=1S/C10H8ClNO4/c1-15-10(14)5-2-3-6-9(8(5)11)12-7(13)4-16-6/h2-3H,4H2,1H3,(H,12,13). The lowest BCUT2D eigenvalue weighted by molar-refractivity contribution is -0.118. The van der Waals surface area contributed by atoms with Crippen LogP contribution < -0.4 is 10.1 Å². The molecule has 0 spiro atoms. The second-order valence-electron chi connectivity index (χ2n) is 3.13. The van der Waals surface area contributed by atoms with Gasteiger partial charge in [-0.3, -0.25) is 4.79 Å². The zero-order chi connectivity index (χ0) is 11.7. The number of carbonyl (C=O) groups is 2. The Morgan fingerprint density at radius 2 is 2.31 bits per heavy atom. The molecule has 0 saturated carbocycles. The second-order valence-corrected chi connectivity index (χ2v) is 3.51. The molecule has 0 aliphatic carbocycles. The smallest absolute Gasteiger partial charge is 0.339 e. The SMILES string of the molecule is COC(=O)c1ccc2c(c1Cl)NC(=O)CO2. The molecule has 0 atom stereocenters. The van der Waals surface area contributed by atoms with E-state index < -0.39 is 5.97 Å². The van der Waals surface area contributed by atoms with Crippen molar-refractivity contribution in [3.63, 3.8) is 0 Å². The Morgan fingerprint density at radius 3 is 3.00 bits per heavy atom. The van der Waals surface area contributed by atoms with Crippen LogP contribution in [0.5, 0.6) is 5.75 Å². The first-order chi connectivity index (χ1) is 7.63. The van der Waals surface area contributed by atoms with Gasteiger partial charge in [-0.2, -0.15) is 0 Å². The summed E-state index contributed by atoms with van der Waals surface area (Å²) in [5.41, 5.74) is 0.495. The number of rotatable bonds is 1. The molecule has 1 heterocycles. The number of anilines is 1. The highest BCUT2D eigenvalue weighted by Gasteiger charge is 2.23. The van der Waals surface area contributed by atoms with Gasteiger partial charge in [-0.25, -0.2) is 4.79 Å². The molecule has 0 bridgehead atoms. The molecule has 1 aromatic rings. The van der Waals surface area contributed by atoms with Crippen LogP contribution in [0.1, 0.15) is 10.4 Å². The first-order valence-corrected chi connectivity index (χ1v) is 4.84. The summed E-state index contributed by atoms with van der Waals surface area (Å²) < 4.78 is 9.69.